The Hall–Kier alpha value is -0.860. The van der Waals surface area contributed by atoms with E-state index in [9.17, 15) is 9.59 Å². The predicted octanol–water partition coefficient (Wildman–Crippen LogP) is 1.47. The molecule has 0 heterocycles. The third-order valence-corrected chi connectivity index (χ3v) is 2.17. The maximum atomic E-state index is 11.2. The molecular formula is C10H19NO2. The summed E-state index contributed by atoms with van der Waals surface area (Å²) in [6.07, 6.45) is 3.80. The summed E-state index contributed by atoms with van der Waals surface area (Å²) in [5.41, 5.74) is 0. The zero-order valence-electron chi connectivity index (χ0n) is 8.75. The van der Waals surface area contributed by atoms with Gasteiger partial charge in [0.15, 0.2) is 0 Å². The standard InChI is InChI=1S/C10H19NO2/c1-4-5-6-10(9(2)13)7-11(3)8-12/h8,10H,4-7H2,1-3H3/t10-/m1/s1. The number of hydrogen-bond donors (Lipinski definition) is 0. The predicted molar refractivity (Wildman–Crippen MR) is 52.4 cm³/mol. The van der Waals surface area contributed by atoms with Gasteiger partial charge >= 0.3 is 0 Å². The summed E-state index contributed by atoms with van der Waals surface area (Å²) < 4.78 is 0. The minimum Gasteiger partial charge on any atom is -0.348 e. The average molecular weight is 185 g/mol. The highest BCUT2D eigenvalue weighted by molar-refractivity contribution is 5.78. The zero-order valence-corrected chi connectivity index (χ0v) is 8.75. The van der Waals surface area contributed by atoms with Gasteiger partial charge in [-0.15, -0.1) is 0 Å². The van der Waals surface area contributed by atoms with Crippen LogP contribution in [0.25, 0.3) is 0 Å². The summed E-state index contributed by atoms with van der Waals surface area (Å²) in [5.74, 6) is 0.206. The van der Waals surface area contributed by atoms with Gasteiger partial charge in [0.2, 0.25) is 6.41 Å². The molecule has 0 bridgehead atoms. The third-order valence-electron chi connectivity index (χ3n) is 2.17. The zero-order chi connectivity index (χ0) is 10.3. The summed E-state index contributed by atoms with van der Waals surface area (Å²) in [6.45, 7) is 4.25. The topological polar surface area (TPSA) is 37.4 Å². The lowest BCUT2D eigenvalue weighted by Crippen LogP contribution is -2.28. The van der Waals surface area contributed by atoms with E-state index in [1.54, 1.807) is 14.0 Å². The van der Waals surface area contributed by atoms with Gasteiger partial charge in [-0.25, -0.2) is 0 Å². The molecule has 0 saturated heterocycles. The highest BCUT2D eigenvalue weighted by Gasteiger charge is 2.14. The third kappa shape index (κ3) is 5.39. The van der Waals surface area contributed by atoms with Crippen LogP contribution in [-0.4, -0.2) is 30.7 Å². The molecule has 0 aromatic carbocycles. The summed E-state index contributed by atoms with van der Waals surface area (Å²) in [5, 5.41) is 0. The molecule has 0 spiro atoms. The Bertz CT molecular complexity index is 168. The molecule has 1 atom stereocenters. The minimum absolute atomic E-state index is 0.0233. The van der Waals surface area contributed by atoms with Crippen molar-refractivity contribution >= 4 is 12.2 Å². The maximum Gasteiger partial charge on any atom is 0.209 e. The number of ketones is 1. The van der Waals surface area contributed by atoms with Crippen molar-refractivity contribution in [3.8, 4) is 0 Å². The molecule has 13 heavy (non-hydrogen) atoms. The molecule has 0 aliphatic rings. The number of carbonyl (C=O) groups excluding carboxylic acids is 2. The molecule has 0 N–H and O–H groups in total. The fourth-order valence-corrected chi connectivity index (χ4v) is 1.26. The first-order chi connectivity index (χ1) is 6.11. The van der Waals surface area contributed by atoms with E-state index < -0.39 is 0 Å². The lowest BCUT2D eigenvalue weighted by atomic mass is 9.98. The van der Waals surface area contributed by atoms with Gasteiger partial charge in [-0.2, -0.15) is 0 Å². The van der Waals surface area contributed by atoms with Gasteiger partial charge < -0.3 is 4.90 Å². The Morgan fingerprint density at radius 1 is 1.54 bits per heavy atom. The Kier molecular flexibility index (Phi) is 6.20. The van der Waals surface area contributed by atoms with Gasteiger partial charge in [0.05, 0.1) is 0 Å². The van der Waals surface area contributed by atoms with Crippen molar-refractivity contribution < 1.29 is 9.59 Å². The van der Waals surface area contributed by atoms with Crippen LogP contribution in [0, 0.1) is 5.92 Å². The summed E-state index contributed by atoms with van der Waals surface area (Å²) >= 11 is 0. The van der Waals surface area contributed by atoms with E-state index in [-0.39, 0.29) is 11.7 Å². The van der Waals surface area contributed by atoms with E-state index in [1.165, 1.54) is 4.90 Å². The number of amides is 1. The molecule has 3 nitrogen and oxygen atoms in total. The second-order valence-corrected chi connectivity index (χ2v) is 3.49. The number of rotatable bonds is 7. The summed E-state index contributed by atoms with van der Waals surface area (Å²) in [4.78, 5) is 23.0. The van der Waals surface area contributed by atoms with Crippen molar-refractivity contribution in [2.45, 2.75) is 33.1 Å². The van der Waals surface area contributed by atoms with Crippen molar-refractivity contribution in [3.05, 3.63) is 0 Å². The van der Waals surface area contributed by atoms with E-state index in [0.717, 1.165) is 25.7 Å². The van der Waals surface area contributed by atoms with Crippen LogP contribution in [-0.2, 0) is 9.59 Å². The highest BCUT2D eigenvalue weighted by Crippen LogP contribution is 2.10. The molecule has 0 unspecified atom stereocenters. The lowest BCUT2D eigenvalue weighted by Gasteiger charge is -2.18. The molecule has 0 radical (unpaired) electrons. The van der Waals surface area contributed by atoms with Gasteiger partial charge in [0.25, 0.3) is 0 Å². The SMILES string of the molecule is CCCC[C@H](CN(C)C=O)C(C)=O. The number of carbonyl (C=O) groups is 2. The van der Waals surface area contributed by atoms with E-state index in [0.29, 0.717) is 6.54 Å². The van der Waals surface area contributed by atoms with Crippen molar-refractivity contribution in [3.63, 3.8) is 0 Å². The smallest absolute Gasteiger partial charge is 0.209 e. The van der Waals surface area contributed by atoms with Crippen molar-refractivity contribution in [2.24, 2.45) is 5.92 Å². The molecule has 0 fully saturated rings. The van der Waals surface area contributed by atoms with Crippen LogP contribution < -0.4 is 0 Å². The highest BCUT2D eigenvalue weighted by atomic mass is 16.1. The largest absolute Gasteiger partial charge is 0.348 e. The van der Waals surface area contributed by atoms with Gasteiger partial charge in [0.1, 0.15) is 5.78 Å². The number of Topliss-reactive ketones (excluding diaryl/α,β-unsaturated/α-hetero) is 1. The summed E-state index contributed by atoms with van der Waals surface area (Å²) in [6, 6.07) is 0. The fraction of sp³-hybridized carbons (Fsp3) is 0.800. The summed E-state index contributed by atoms with van der Waals surface area (Å²) in [7, 11) is 1.70. The van der Waals surface area contributed by atoms with Crippen molar-refractivity contribution in [2.75, 3.05) is 13.6 Å². The van der Waals surface area contributed by atoms with Gasteiger partial charge in [-0.3, -0.25) is 9.59 Å². The molecule has 0 aliphatic heterocycles. The molecule has 0 aromatic heterocycles. The van der Waals surface area contributed by atoms with Gasteiger partial charge in [-0.1, -0.05) is 19.8 Å². The second kappa shape index (κ2) is 6.63. The Balaban J connectivity index is 3.94. The Morgan fingerprint density at radius 3 is 2.54 bits per heavy atom. The minimum atomic E-state index is 0.0233. The van der Waals surface area contributed by atoms with Crippen LogP contribution in [0.15, 0.2) is 0 Å². The van der Waals surface area contributed by atoms with Gasteiger partial charge in [-0.05, 0) is 13.3 Å². The first-order valence-corrected chi connectivity index (χ1v) is 4.77. The van der Waals surface area contributed by atoms with Crippen LogP contribution in [0.3, 0.4) is 0 Å². The fourth-order valence-electron chi connectivity index (χ4n) is 1.26. The van der Waals surface area contributed by atoms with E-state index >= 15 is 0 Å². The van der Waals surface area contributed by atoms with Crippen LogP contribution in [0.1, 0.15) is 33.1 Å². The molecular weight excluding hydrogens is 166 g/mol. The number of unbranched alkanes of at least 4 members (excludes halogenated alkanes) is 1. The Labute approximate surface area is 80.1 Å². The van der Waals surface area contributed by atoms with Gasteiger partial charge in [0, 0.05) is 19.5 Å². The Morgan fingerprint density at radius 2 is 2.15 bits per heavy atom. The lowest BCUT2D eigenvalue weighted by molar-refractivity contribution is -0.123. The molecule has 0 rings (SSSR count). The van der Waals surface area contributed by atoms with Crippen molar-refractivity contribution in [1.29, 1.82) is 0 Å². The quantitative estimate of drug-likeness (QED) is 0.563. The molecule has 0 aromatic rings. The average Bonchev–Trinajstić information content (AvgIpc) is 2.11. The van der Waals surface area contributed by atoms with E-state index in [1.807, 2.05) is 0 Å². The second-order valence-electron chi connectivity index (χ2n) is 3.49. The first kappa shape index (κ1) is 12.1. The normalized spacial score (nSPS) is 12.2. The van der Waals surface area contributed by atoms with E-state index in [2.05, 4.69) is 6.92 Å². The molecule has 76 valence electrons. The molecule has 3 heteroatoms. The van der Waals surface area contributed by atoms with Crippen LogP contribution in [0.2, 0.25) is 0 Å². The van der Waals surface area contributed by atoms with Crippen LogP contribution >= 0.6 is 0 Å². The van der Waals surface area contributed by atoms with Crippen LogP contribution in [0.4, 0.5) is 0 Å². The molecule has 1 amide bonds. The first-order valence-electron chi connectivity index (χ1n) is 4.77. The number of nitrogens with zero attached hydrogens (tertiary/aromatic N) is 1. The van der Waals surface area contributed by atoms with Crippen molar-refractivity contribution in [1.82, 2.24) is 4.90 Å². The van der Waals surface area contributed by atoms with E-state index in [4.69, 9.17) is 0 Å². The molecule has 0 saturated carbocycles. The monoisotopic (exact) mass is 185 g/mol. The maximum absolute atomic E-state index is 11.2. The molecule has 0 aliphatic carbocycles. The number of hydrogen-bond acceptors (Lipinski definition) is 2. The van der Waals surface area contributed by atoms with Crippen LogP contribution in [0.5, 0.6) is 0 Å².